The molecule has 0 spiro atoms. The topological polar surface area (TPSA) is 0 Å². The van der Waals surface area contributed by atoms with Crippen LogP contribution in [0.25, 0.3) is 0 Å². The van der Waals surface area contributed by atoms with E-state index in [-0.39, 0.29) is 0 Å². The first-order valence-electron chi connectivity index (χ1n) is 3.08. The van der Waals surface area contributed by atoms with E-state index in [1.807, 2.05) is 29.6 Å². The van der Waals surface area contributed by atoms with Crippen molar-refractivity contribution < 1.29 is 0 Å². The molecule has 1 unspecified atom stereocenters. The van der Waals surface area contributed by atoms with Gasteiger partial charge in [0.15, 0.2) is 0 Å². The molecule has 0 bridgehead atoms. The van der Waals surface area contributed by atoms with Crippen molar-refractivity contribution >= 4 is 38.5 Å². The molecule has 0 aromatic carbocycles. The van der Waals surface area contributed by atoms with Crippen LogP contribution in [0, 0.1) is 0 Å². The van der Waals surface area contributed by atoms with Crippen LogP contribution in [0.4, 0.5) is 0 Å². The van der Waals surface area contributed by atoms with Crippen LogP contribution in [0.5, 0.6) is 0 Å². The SMILES string of the molecule is C=CCSC1C[Se]C=CS1. The van der Waals surface area contributed by atoms with Gasteiger partial charge >= 0.3 is 77.2 Å². The Kier molecular flexibility index (Phi) is 4.72. The van der Waals surface area contributed by atoms with Gasteiger partial charge in [-0.15, -0.1) is 0 Å². The van der Waals surface area contributed by atoms with Gasteiger partial charge in [-0.2, -0.15) is 0 Å². The molecule has 3 heteroatoms. The van der Waals surface area contributed by atoms with Crippen molar-refractivity contribution in [3.05, 3.63) is 23.0 Å². The van der Waals surface area contributed by atoms with E-state index in [2.05, 4.69) is 17.0 Å². The Balaban J connectivity index is 2.15. The van der Waals surface area contributed by atoms with Gasteiger partial charge in [0.1, 0.15) is 0 Å². The van der Waals surface area contributed by atoms with Crippen molar-refractivity contribution in [2.24, 2.45) is 0 Å². The maximum atomic E-state index is 3.70. The van der Waals surface area contributed by atoms with E-state index in [4.69, 9.17) is 0 Å². The molecule has 1 atom stereocenters. The summed E-state index contributed by atoms with van der Waals surface area (Å²) in [5, 5.41) is 3.62. The summed E-state index contributed by atoms with van der Waals surface area (Å²) in [4.78, 5) is 2.31. The van der Waals surface area contributed by atoms with Crippen LogP contribution in [-0.4, -0.2) is 25.3 Å². The number of hydrogen-bond acceptors (Lipinski definition) is 2. The maximum absolute atomic E-state index is 3.70. The molecule has 0 aromatic heterocycles. The predicted octanol–water partition coefficient (Wildman–Crippen LogP) is 2.57. The van der Waals surface area contributed by atoms with Crippen LogP contribution in [-0.2, 0) is 0 Å². The monoisotopic (exact) mass is 238 g/mol. The Morgan fingerprint density at radius 2 is 2.80 bits per heavy atom. The third kappa shape index (κ3) is 3.20. The molecule has 0 radical (unpaired) electrons. The molecule has 1 heterocycles. The molecule has 1 rings (SSSR count). The molecule has 1 aliphatic rings. The molecule has 0 saturated heterocycles. The normalized spacial score (nSPS) is 24.6. The Hall–Kier alpha value is 0.699. The number of hydrogen-bond donors (Lipinski definition) is 0. The first-order chi connectivity index (χ1) is 4.93. The van der Waals surface area contributed by atoms with Crippen molar-refractivity contribution in [2.75, 3.05) is 5.75 Å². The molecular weight excluding hydrogens is 227 g/mol. The first kappa shape index (κ1) is 8.79. The summed E-state index contributed by atoms with van der Waals surface area (Å²) in [5.41, 5.74) is 0. The van der Waals surface area contributed by atoms with Gasteiger partial charge < -0.3 is 0 Å². The Morgan fingerprint density at radius 3 is 3.40 bits per heavy atom. The molecule has 0 aliphatic carbocycles. The van der Waals surface area contributed by atoms with E-state index >= 15 is 0 Å². The molecule has 0 amide bonds. The molecule has 10 heavy (non-hydrogen) atoms. The van der Waals surface area contributed by atoms with Crippen LogP contribution in [0.15, 0.2) is 23.0 Å². The van der Waals surface area contributed by atoms with Gasteiger partial charge in [-0.05, 0) is 0 Å². The van der Waals surface area contributed by atoms with Crippen LogP contribution in [0.2, 0.25) is 5.32 Å². The zero-order chi connectivity index (χ0) is 7.23. The number of thioether (sulfide) groups is 2. The molecular formula is C7H10S2Se. The second kappa shape index (κ2) is 5.36. The van der Waals surface area contributed by atoms with Gasteiger partial charge in [0.05, 0.1) is 0 Å². The fourth-order valence-electron chi connectivity index (χ4n) is 0.595. The summed E-state index contributed by atoms with van der Waals surface area (Å²) in [6.45, 7) is 3.70. The average Bonchev–Trinajstić information content (AvgIpc) is 2.03. The van der Waals surface area contributed by atoms with E-state index in [0.29, 0.717) is 0 Å². The molecule has 56 valence electrons. The third-order valence-electron chi connectivity index (χ3n) is 1.01. The van der Waals surface area contributed by atoms with E-state index in [0.717, 1.165) is 25.3 Å². The van der Waals surface area contributed by atoms with Crippen LogP contribution in [0.3, 0.4) is 0 Å². The summed E-state index contributed by atoms with van der Waals surface area (Å²) in [5.74, 6) is 1.10. The van der Waals surface area contributed by atoms with E-state index in [1.54, 1.807) is 0 Å². The zero-order valence-corrected chi connectivity index (χ0v) is 9.00. The Bertz CT molecular complexity index is 134. The summed E-state index contributed by atoms with van der Waals surface area (Å²) in [6.07, 6.45) is 1.98. The minimum atomic E-state index is 0.768. The van der Waals surface area contributed by atoms with Gasteiger partial charge in [0.2, 0.25) is 0 Å². The average molecular weight is 237 g/mol. The molecule has 1 aliphatic heterocycles. The van der Waals surface area contributed by atoms with E-state index < -0.39 is 0 Å². The molecule has 0 nitrogen and oxygen atoms in total. The first-order valence-corrected chi connectivity index (χ1v) is 7.27. The Labute approximate surface area is 77.1 Å². The summed E-state index contributed by atoms with van der Waals surface area (Å²) in [7, 11) is 0. The van der Waals surface area contributed by atoms with Gasteiger partial charge in [-0.25, -0.2) is 0 Å². The summed E-state index contributed by atoms with van der Waals surface area (Å²) >= 11 is 4.73. The van der Waals surface area contributed by atoms with E-state index in [1.165, 1.54) is 5.32 Å². The van der Waals surface area contributed by atoms with Crippen LogP contribution in [0.1, 0.15) is 0 Å². The molecule has 0 aromatic rings. The summed E-state index contributed by atoms with van der Waals surface area (Å²) in [6, 6.07) is 0. The number of rotatable bonds is 3. The Morgan fingerprint density at radius 1 is 1.90 bits per heavy atom. The van der Waals surface area contributed by atoms with Gasteiger partial charge in [0, 0.05) is 0 Å². The van der Waals surface area contributed by atoms with Crippen molar-refractivity contribution in [1.29, 1.82) is 0 Å². The quantitative estimate of drug-likeness (QED) is 0.546. The van der Waals surface area contributed by atoms with Crippen molar-refractivity contribution in [3.63, 3.8) is 0 Å². The standard InChI is InChI=1S/C7H10S2Se/c1-2-3-8-7-6-10-5-4-9-7/h2,4-5,7H,1,3,6H2. The second-order valence-corrected chi connectivity index (χ2v) is 6.41. The second-order valence-electron chi connectivity index (χ2n) is 1.79. The minimum absolute atomic E-state index is 0.768. The van der Waals surface area contributed by atoms with Crippen molar-refractivity contribution in [3.8, 4) is 0 Å². The van der Waals surface area contributed by atoms with Gasteiger partial charge in [-0.1, -0.05) is 0 Å². The molecule has 0 fully saturated rings. The van der Waals surface area contributed by atoms with Gasteiger partial charge in [-0.3, -0.25) is 0 Å². The van der Waals surface area contributed by atoms with Gasteiger partial charge in [0.25, 0.3) is 0 Å². The fourth-order valence-corrected chi connectivity index (χ4v) is 5.56. The van der Waals surface area contributed by atoms with Crippen LogP contribution >= 0.6 is 23.5 Å². The third-order valence-corrected chi connectivity index (χ3v) is 6.62. The summed E-state index contributed by atoms with van der Waals surface area (Å²) < 4.78 is 0.808. The van der Waals surface area contributed by atoms with Crippen molar-refractivity contribution in [1.82, 2.24) is 0 Å². The molecule has 0 saturated carbocycles. The molecule has 0 N–H and O–H groups in total. The fraction of sp³-hybridized carbons (Fsp3) is 0.429. The predicted molar refractivity (Wildman–Crippen MR) is 53.7 cm³/mol. The van der Waals surface area contributed by atoms with Crippen molar-refractivity contribution in [2.45, 2.75) is 9.90 Å². The van der Waals surface area contributed by atoms with Crippen LogP contribution < -0.4 is 0 Å². The zero-order valence-electron chi connectivity index (χ0n) is 5.66. The van der Waals surface area contributed by atoms with E-state index in [9.17, 15) is 0 Å².